The Morgan fingerprint density at radius 1 is 1.23 bits per heavy atom. The van der Waals surface area contributed by atoms with Crippen LogP contribution in [-0.2, 0) is 7.05 Å². The van der Waals surface area contributed by atoms with Crippen LogP contribution in [-0.4, -0.2) is 23.3 Å². The van der Waals surface area contributed by atoms with Crippen LogP contribution in [0.5, 0.6) is 11.5 Å². The summed E-state index contributed by atoms with van der Waals surface area (Å²) in [4.78, 5) is 4.74. The average molecular weight is 314 g/mol. The second-order valence-electron chi connectivity index (χ2n) is 4.84. The summed E-state index contributed by atoms with van der Waals surface area (Å²) < 4.78 is 13.0. The van der Waals surface area contributed by atoms with Gasteiger partial charge in [0.2, 0.25) is 0 Å². The van der Waals surface area contributed by atoms with E-state index in [1.165, 1.54) is 0 Å². The fraction of sp³-hybridized carbons (Fsp3) is 0.235. The third-order valence-electron chi connectivity index (χ3n) is 3.42. The molecule has 0 spiro atoms. The van der Waals surface area contributed by atoms with Gasteiger partial charge in [0.05, 0.1) is 25.1 Å². The minimum Gasteiger partial charge on any atom is -0.493 e. The summed E-state index contributed by atoms with van der Waals surface area (Å²) in [7, 11) is 3.67. The Balaban J connectivity index is 1.95. The van der Waals surface area contributed by atoms with Crippen molar-refractivity contribution in [1.29, 1.82) is 0 Å². The Morgan fingerprint density at radius 3 is 2.77 bits per heavy atom. The number of aromatic nitrogens is 2. The molecule has 4 nitrogen and oxygen atoms in total. The minimum absolute atomic E-state index is 0.616. The van der Waals surface area contributed by atoms with Crippen molar-refractivity contribution in [1.82, 2.24) is 9.55 Å². The van der Waals surface area contributed by atoms with Gasteiger partial charge in [-0.1, -0.05) is 0 Å². The number of aryl methyl sites for hydroxylation is 1. The second kappa shape index (κ2) is 6.23. The van der Waals surface area contributed by atoms with Gasteiger partial charge in [0.1, 0.15) is 5.01 Å². The zero-order chi connectivity index (χ0) is 15.5. The van der Waals surface area contributed by atoms with Crippen LogP contribution in [0.1, 0.15) is 6.92 Å². The molecule has 5 heteroatoms. The molecular formula is C17H18N2O2S. The Labute approximate surface area is 134 Å². The Hall–Kier alpha value is -2.27. The van der Waals surface area contributed by atoms with Crippen LogP contribution in [0.15, 0.2) is 41.9 Å². The molecule has 0 bridgehead atoms. The number of benzene rings is 1. The molecule has 0 aliphatic carbocycles. The van der Waals surface area contributed by atoms with E-state index in [1.807, 2.05) is 44.4 Å². The van der Waals surface area contributed by atoms with Gasteiger partial charge in [0.15, 0.2) is 11.5 Å². The highest BCUT2D eigenvalue weighted by molar-refractivity contribution is 7.13. The summed E-state index contributed by atoms with van der Waals surface area (Å²) in [6.45, 7) is 2.57. The first kappa shape index (κ1) is 14.7. The number of hydrogen-bond donors (Lipinski definition) is 0. The molecule has 0 atom stereocenters. The third kappa shape index (κ3) is 2.72. The first-order valence-electron chi connectivity index (χ1n) is 7.11. The maximum atomic E-state index is 5.55. The molecule has 2 aromatic heterocycles. The molecule has 3 aromatic rings. The molecule has 1 aromatic carbocycles. The topological polar surface area (TPSA) is 36.3 Å². The van der Waals surface area contributed by atoms with E-state index in [-0.39, 0.29) is 0 Å². The maximum absolute atomic E-state index is 5.55. The zero-order valence-electron chi connectivity index (χ0n) is 12.9. The van der Waals surface area contributed by atoms with Gasteiger partial charge < -0.3 is 14.0 Å². The molecule has 114 valence electrons. The third-order valence-corrected chi connectivity index (χ3v) is 4.31. The highest BCUT2D eigenvalue weighted by Gasteiger charge is 2.11. The van der Waals surface area contributed by atoms with Crippen molar-refractivity contribution >= 4 is 11.3 Å². The summed E-state index contributed by atoms with van der Waals surface area (Å²) in [6, 6.07) is 10.0. The number of ether oxygens (including phenoxy) is 2. The van der Waals surface area contributed by atoms with Crippen molar-refractivity contribution in [3.8, 4) is 33.5 Å². The van der Waals surface area contributed by atoms with E-state index in [1.54, 1.807) is 18.4 Å². The molecule has 0 aliphatic rings. The highest BCUT2D eigenvalue weighted by atomic mass is 32.1. The van der Waals surface area contributed by atoms with E-state index in [0.717, 1.165) is 33.5 Å². The minimum atomic E-state index is 0.616. The number of hydrogen-bond acceptors (Lipinski definition) is 4. The summed E-state index contributed by atoms with van der Waals surface area (Å²) in [5, 5.41) is 3.05. The SMILES string of the molecule is CCOc1ccc(-c2nc(-c3cccn3C)cs2)cc1OC. The van der Waals surface area contributed by atoms with Crippen molar-refractivity contribution < 1.29 is 9.47 Å². The molecule has 0 fully saturated rings. The van der Waals surface area contributed by atoms with Crippen molar-refractivity contribution in [3.63, 3.8) is 0 Å². The number of methoxy groups -OCH3 is 1. The largest absolute Gasteiger partial charge is 0.493 e. The van der Waals surface area contributed by atoms with Gasteiger partial charge in [-0.3, -0.25) is 0 Å². The normalized spacial score (nSPS) is 10.7. The molecule has 3 rings (SSSR count). The van der Waals surface area contributed by atoms with Crippen LogP contribution in [0.4, 0.5) is 0 Å². The number of nitrogens with zero attached hydrogens (tertiary/aromatic N) is 2. The molecule has 22 heavy (non-hydrogen) atoms. The lowest BCUT2D eigenvalue weighted by Gasteiger charge is -2.09. The molecule has 0 amide bonds. The molecule has 0 saturated carbocycles. The van der Waals surface area contributed by atoms with Crippen LogP contribution in [0.3, 0.4) is 0 Å². The fourth-order valence-electron chi connectivity index (χ4n) is 2.33. The molecule has 0 unspecified atom stereocenters. The van der Waals surface area contributed by atoms with Gasteiger partial charge in [-0.15, -0.1) is 11.3 Å². The highest BCUT2D eigenvalue weighted by Crippen LogP contribution is 2.35. The summed E-state index contributed by atoms with van der Waals surface area (Å²) in [5.41, 5.74) is 3.13. The monoisotopic (exact) mass is 314 g/mol. The second-order valence-corrected chi connectivity index (χ2v) is 5.70. The van der Waals surface area contributed by atoms with Gasteiger partial charge in [0, 0.05) is 24.2 Å². The lowest BCUT2D eigenvalue weighted by molar-refractivity contribution is 0.311. The van der Waals surface area contributed by atoms with Gasteiger partial charge in [-0.05, 0) is 37.3 Å². The molecule has 2 heterocycles. The van der Waals surface area contributed by atoms with Gasteiger partial charge in [0.25, 0.3) is 0 Å². The standard InChI is InChI=1S/C17H18N2O2S/c1-4-21-15-8-7-12(10-16(15)20-3)17-18-13(11-22-17)14-6-5-9-19(14)2/h5-11H,4H2,1-3H3. The number of thiazole rings is 1. The lowest BCUT2D eigenvalue weighted by Crippen LogP contribution is -1.95. The Morgan fingerprint density at radius 2 is 2.09 bits per heavy atom. The van der Waals surface area contributed by atoms with Gasteiger partial charge in [-0.25, -0.2) is 4.98 Å². The van der Waals surface area contributed by atoms with E-state index < -0.39 is 0 Å². The lowest BCUT2D eigenvalue weighted by atomic mass is 10.2. The fourth-order valence-corrected chi connectivity index (χ4v) is 3.14. The van der Waals surface area contributed by atoms with Gasteiger partial charge in [-0.2, -0.15) is 0 Å². The molecule has 0 radical (unpaired) electrons. The predicted molar refractivity (Wildman–Crippen MR) is 89.7 cm³/mol. The number of rotatable bonds is 5. The summed E-state index contributed by atoms with van der Waals surface area (Å²) >= 11 is 1.63. The van der Waals surface area contributed by atoms with E-state index in [2.05, 4.69) is 16.0 Å². The van der Waals surface area contributed by atoms with E-state index in [0.29, 0.717) is 6.61 Å². The van der Waals surface area contributed by atoms with E-state index in [4.69, 9.17) is 14.5 Å². The first-order valence-corrected chi connectivity index (χ1v) is 7.99. The Kier molecular flexibility index (Phi) is 4.15. The van der Waals surface area contributed by atoms with Crippen LogP contribution in [0.25, 0.3) is 22.0 Å². The van der Waals surface area contributed by atoms with Crippen molar-refractivity contribution in [3.05, 3.63) is 41.9 Å². The van der Waals surface area contributed by atoms with Crippen molar-refractivity contribution in [2.24, 2.45) is 7.05 Å². The molecule has 0 N–H and O–H groups in total. The smallest absolute Gasteiger partial charge is 0.161 e. The van der Waals surface area contributed by atoms with Crippen molar-refractivity contribution in [2.45, 2.75) is 6.92 Å². The van der Waals surface area contributed by atoms with Crippen molar-refractivity contribution in [2.75, 3.05) is 13.7 Å². The van der Waals surface area contributed by atoms with E-state index in [9.17, 15) is 0 Å². The predicted octanol–water partition coefficient (Wildman–Crippen LogP) is 4.22. The quantitative estimate of drug-likeness (QED) is 0.707. The average Bonchev–Trinajstić information content (AvgIpc) is 3.16. The zero-order valence-corrected chi connectivity index (χ0v) is 13.7. The summed E-state index contributed by atoms with van der Waals surface area (Å²) in [6.07, 6.45) is 2.02. The van der Waals surface area contributed by atoms with Crippen LogP contribution < -0.4 is 9.47 Å². The molecule has 0 aliphatic heterocycles. The van der Waals surface area contributed by atoms with Crippen LogP contribution in [0.2, 0.25) is 0 Å². The Bertz CT molecular complexity index is 777. The van der Waals surface area contributed by atoms with Crippen LogP contribution in [0, 0.1) is 0 Å². The molecule has 0 saturated heterocycles. The van der Waals surface area contributed by atoms with E-state index >= 15 is 0 Å². The molecular weight excluding hydrogens is 296 g/mol. The van der Waals surface area contributed by atoms with Gasteiger partial charge >= 0.3 is 0 Å². The van der Waals surface area contributed by atoms with Crippen LogP contribution >= 0.6 is 11.3 Å². The first-order chi connectivity index (χ1) is 10.7. The summed E-state index contributed by atoms with van der Waals surface area (Å²) in [5.74, 6) is 1.49. The maximum Gasteiger partial charge on any atom is 0.161 e.